The molecule has 3 aromatic rings. The normalized spacial score (nSPS) is 11.8. The lowest BCUT2D eigenvalue weighted by Crippen LogP contribution is -2.19. The summed E-state index contributed by atoms with van der Waals surface area (Å²) in [5.74, 6) is -0.931. The average Bonchev–Trinajstić information content (AvgIpc) is 2.69. The summed E-state index contributed by atoms with van der Waals surface area (Å²) in [5.41, 5.74) is 4.66. The minimum Gasteiger partial charge on any atom is -0.478 e. The summed E-state index contributed by atoms with van der Waals surface area (Å²) < 4.78 is 22.9. The lowest BCUT2D eigenvalue weighted by atomic mass is 10.0. The molecule has 0 amide bonds. The molecule has 0 saturated carbocycles. The number of hydrogen-bond acceptors (Lipinski definition) is 2. The highest BCUT2D eigenvalue weighted by molar-refractivity contribution is 7.81. The van der Waals surface area contributed by atoms with E-state index in [2.05, 4.69) is 0 Å². The van der Waals surface area contributed by atoms with Crippen LogP contribution in [0.2, 0.25) is 0 Å². The Labute approximate surface area is 166 Å². The number of carboxylic acids is 1. The highest BCUT2D eigenvalue weighted by atomic mass is 32.2. The Morgan fingerprint density at radius 1 is 0.893 bits per heavy atom. The number of benzene rings is 3. The lowest BCUT2D eigenvalue weighted by molar-refractivity contribution is 0.0696. The molecule has 0 radical (unpaired) electrons. The van der Waals surface area contributed by atoms with Gasteiger partial charge in [0.15, 0.2) is 0 Å². The first-order chi connectivity index (χ1) is 13.4. The average molecular weight is 395 g/mol. The van der Waals surface area contributed by atoms with Crippen LogP contribution in [-0.2, 0) is 24.1 Å². The maximum absolute atomic E-state index is 11.9. The summed E-state index contributed by atoms with van der Waals surface area (Å²) in [6.45, 7) is 1.96. The van der Waals surface area contributed by atoms with Crippen LogP contribution >= 0.6 is 0 Å². The van der Waals surface area contributed by atoms with Gasteiger partial charge < -0.3 is 5.11 Å². The Morgan fingerprint density at radius 3 is 2.04 bits per heavy atom. The topological polar surface area (TPSA) is 77.8 Å². The second-order valence-electron chi connectivity index (χ2n) is 6.53. The number of aromatic carboxylic acids is 1. The van der Waals surface area contributed by atoms with Crippen LogP contribution in [0.4, 0.5) is 11.4 Å². The van der Waals surface area contributed by atoms with Gasteiger partial charge in [0.05, 0.1) is 16.9 Å². The molecule has 0 spiro atoms. The molecule has 0 heterocycles. The van der Waals surface area contributed by atoms with Gasteiger partial charge in [0.2, 0.25) is 0 Å². The van der Waals surface area contributed by atoms with Crippen molar-refractivity contribution in [2.45, 2.75) is 19.8 Å². The molecule has 1 unspecified atom stereocenters. The summed E-state index contributed by atoms with van der Waals surface area (Å²) >= 11 is -2.18. The van der Waals surface area contributed by atoms with Gasteiger partial charge in [0, 0.05) is 0 Å². The van der Waals surface area contributed by atoms with E-state index in [-0.39, 0.29) is 5.56 Å². The number of hydrogen-bond donors (Lipinski definition) is 2. The Bertz CT molecular complexity index is 984. The third-order valence-electron chi connectivity index (χ3n) is 4.47. The quantitative estimate of drug-likeness (QED) is 0.566. The molecule has 3 aromatic carbocycles. The zero-order valence-corrected chi connectivity index (χ0v) is 16.2. The summed E-state index contributed by atoms with van der Waals surface area (Å²) in [6, 6.07) is 21.8. The molecule has 144 valence electrons. The highest BCUT2D eigenvalue weighted by Gasteiger charge is 2.15. The van der Waals surface area contributed by atoms with Crippen LogP contribution in [0.3, 0.4) is 0 Å². The zero-order valence-electron chi connectivity index (χ0n) is 15.4. The number of rotatable bonds is 7. The molecule has 1 atom stereocenters. The van der Waals surface area contributed by atoms with E-state index < -0.39 is 17.2 Å². The van der Waals surface area contributed by atoms with Crippen molar-refractivity contribution < 1.29 is 18.7 Å². The Balaban J connectivity index is 1.73. The van der Waals surface area contributed by atoms with Gasteiger partial charge in [-0.15, -0.1) is 0 Å². The zero-order chi connectivity index (χ0) is 20.1. The van der Waals surface area contributed by atoms with E-state index in [1.807, 2.05) is 61.5 Å². The van der Waals surface area contributed by atoms with Crippen molar-refractivity contribution in [3.05, 3.63) is 95.1 Å². The van der Waals surface area contributed by atoms with Crippen LogP contribution in [0.5, 0.6) is 0 Å². The van der Waals surface area contributed by atoms with Crippen LogP contribution in [0, 0.1) is 6.92 Å². The number of anilines is 2. The minimum absolute atomic E-state index is 0.284. The van der Waals surface area contributed by atoms with E-state index in [9.17, 15) is 13.6 Å². The van der Waals surface area contributed by atoms with Crippen molar-refractivity contribution in [3.63, 3.8) is 0 Å². The summed E-state index contributed by atoms with van der Waals surface area (Å²) in [5, 5.41) is 9.08. The highest BCUT2D eigenvalue weighted by Crippen LogP contribution is 2.27. The van der Waals surface area contributed by atoms with E-state index in [4.69, 9.17) is 5.11 Å². The van der Waals surface area contributed by atoms with Crippen LogP contribution in [0.25, 0.3) is 0 Å². The van der Waals surface area contributed by atoms with Crippen molar-refractivity contribution in [1.82, 2.24) is 0 Å². The maximum Gasteiger partial charge on any atom is 0.335 e. The van der Waals surface area contributed by atoms with Gasteiger partial charge in [-0.05, 0) is 67.3 Å². The van der Waals surface area contributed by atoms with E-state index in [1.54, 1.807) is 18.2 Å². The first-order valence-electron chi connectivity index (χ1n) is 8.83. The maximum atomic E-state index is 11.9. The molecular formula is C22H21NO4S. The van der Waals surface area contributed by atoms with E-state index in [1.165, 1.54) is 4.31 Å². The van der Waals surface area contributed by atoms with E-state index in [0.717, 1.165) is 23.1 Å². The van der Waals surface area contributed by atoms with Gasteiger partial charge in [-0.25, -0.2) is 13.3 Å². The predicted octanol–water partition coefficient (Wildman–Crippen LogP) is 4.75. The fourth-order valence-corrected chi connectivity index (χ4v) is 3.56. The van der Waals surface area contributed by atoms with Gasteiger partial charge in [-0.2, -0.15) is 0 Å². The van der Waals surface area contributed by atoms with Crippen LogP contribution < -0.4 is 4.31 Å². The van der Waals surface area contributed by atoms with Crippen molar-refractivity contribution in [1.29, 1.82) is 0 Å². The minimum atomic E-state index is -2.18. The number of carbonyl (C=O) groups is 1. The van der Waals surface area contributed by atoms with E-state index in [0.29, 0.717) is 17.8 Å². The third-order valence-corrected chi connectivity index (χ3v) is 5.21. The number of nitrogens with zero attached hydrogens (tertiary/aromatic N) is 1. The molecule has 0 aliphatic rings. The summed E-state index contributed by atoms with van der Waals surface area (Å²) in [4.78, 5) is 11.1. The monoisotopic (exact) mass is 395 g/mol. The molecule has 3 rings (SSSR count). The van der Waals surface area contributed by atoms with Crippen molar-refractivity contribution in [2.24, 2.45) is 0 Å². The summed E-state index contributed by atoms with van der Waals surface area (Å²) in [7, 11) is 0. The van der Waals surface area contributed by atoms with Gasteiger partial charge in [0.1, 0.15) is 0 Å². The molecule has 0 saturated heterocycles. The lowest BCUT2D eigenvalue weighted by Gasteiger charge is -2.20. The van der Waals surface area contributed by atoms with Gasteiger partial charge in [-0.1, -0.05) is 42.0 Å². The van der Waals surface area contributed by atoms with E-state index >= 15 is 0 Å². The number of carboxylic acid groups (broad SMARTS) is 1. The molecule has 0 aliphatic carbocycles. The molecule has 0 aromatic heterocycles. The van der Waals surface area contributed by atoms with Crippen molar-refractivity contribution in [3.8, 4) is 0 Å². The predicted molar refractivity (Wildman–Crippen MR) is 111 cm³/mol. The van der Waals surface area contributed by atoms with Crippen molar-refractivity contribution >= 4 is 28.6 Å². The standard InChI is InChI=1S/C22H21NO4S/c1-16-5-11-20(12-6-16)23(28(26)27)21-13-9-17(10-14-21)7-8-18-3-2-4-19(15-18)22(24)25/h2-6,9-15H,7-8H2,1H3,(H,24,25)(H,26,27). The van der Waals surface area contributed by atoms with Gasteiger partial charge in [0.25, 0.3) is 11.3 Å². The molecule has 0 aliphatic heterocycles. The molecule has 2 N–H and O–H groups in total. The molecule has 28 heavy (non-hydrogen) atoms. The van der Waals surface area contributed by atoms with Crippen LogP contribution in [0.1, 0.15) is 27.0 Å². The third kappa shape index (κ3) is 4.85. The molecule has 6 heteroatoms. The molecule has 5 nitrogen and oxygen atoms in total. The number of aryl methyl sites for hydroxylation is 3. The molecular weight excluding hydrogens is 374 g/mol. The fourth-order valence-electron chi connectivity index (χ4n) is 2.96. The Morgan fingerprint density at radius 2 is 1.46 bits per heavy atom. The largest absolute Gasteiger partial charge is 0.478 e. The summed E-state index contributed by atoms with van der Waals surface area (Å²) in [6.07, 6.45) is 1.46. The molecule has 0 fully saturated rings. The Hall–Kier alpha value is -2.96. The second-order valence-corrected chi connectivity index (χ2v) is 7.36. The first-order valence-corrected chi connectivity index (χ1v) is 9.89. The molecule has 0 bridgehead atoms. The second kappa shape index (κ2) is 8.82. The fraction of sp³-hybridized carbons (Fsp3) is 0.136. The van der Waals surface area contributed by atoms with Crippen LogP contribution in [0.15, 0.2) is 72.8 Å². The Kier molecular flexibility index (Phi) is 6.23. The van der Waals surface area contributed by atoms with Gasteiger partial charge >= 0.3 is 5.97 Å². The van der Waals surface area contributed by atoms with Crippen LogP contribution in [-0.4, -0.2) is 19.8 Å². The smallest absolute Gasteiger partial charge is 0.335 e. The SMILES string of the molecule is Cc1ccc(N(c2ccc(CCc3cccc(C(=O)O)c3)cc2)S(=O)O)cc1. The first kappa shape index (κ1) is 19.8. The van der Waals surface area contributed by atoms with Crippen molar-refractivity contribution in [2.75, 3.05) is 4.31 Å². The van der Waals surface area contributed by atoms with Gasteiger partial charge in [-0.3, -0.25) is 4.55 Å².